The standard InChI is InChI=1S/C28H32O4S2/c1-24(2)17-26(32-4)21-27(30,20(24)25(15-16-25)28(21,26)22(29)31-3)23(33-18-11-7-5-8-12-18)34-19-13-9-6-10-14-19/h5-14,20-21,23,30H,15-17H2,1-4H3/t20-,21-,26+,27-,28+/m1/s1. The summed E-state index contributed by atoms with van der Waals surface area (Å²) in [6, 6.07) is 20.6. The molecule has 6 heteroatoms. The third kappa shape index (κ3) is 2.53. The fraction of sp³-hybridized carbons (Fsp3) is 0.536. The molecule has 5 aliphatic rings. The number of ether oxygens (including phenoxy) is 2. The van der Waals surface area contributed by atoms with Gasteiger partial charge in [0.2, 0.25) is 0 Å². The Labute approximate surface area is 210 Å². The van der Waals surface area contributed by atoms with Crippen molar-refractivity contribution in [2.75, 3.05) is 14.2 Å². The summed E-state index contributed by atoms with van der Waals surface area (Å²) in [7, 11) is 3.20. The lowest BCUT2D eigenvalue weighted by molar-refractivity contribution is -0.194. The normalized spacial score (nSPS) is 37.6. The number of esters is 1. The molecule has 0 saturated heterocycles. The summed E-state index contributed by atoms with van der Waals surface area (Å²) >= 11 is 3.42. The summed E-state index contributed by atoms with van der Waals surface area (Å²) in [5, 5.41) is 13.1. The van der Waals surface area contributed by atoms with Crippen molar-refractivity contribution >= 4 is 29.5 Å². The number of methoxy groups -OCH3 is 2. The molecule has 7 rings (SSSR count). The van der Waals surface area contributed by atoms with Gasteiger partial charge in [0.05, 0.1) is 22.9 Å². The number of fused-ring (bicyclic) bond motifs is 1. The Morgan fingerprint density at radius 3 is 1.91 bits per heavy atom. The number of rotatable bonds is 7. The van der Waals surface area contributed by atoms with Gasteiger partial charge in [-0.2, -0.15) is 0 Å². The highest BCUT2D eigenvalue weighted by atomic mass is 32.2. The van der Waals surface area contributed by atoms with E-state index in [9.17, 15) is 9.90 Å². The molecular weight excluding hydrogens is 464 g/mol. The van der Waals surface area contributed by atoms with E-state index >= 15 is 0 Å². The topological polar surface area (TPSA) is 55.8 Å². The van der Waals surface area contributed by atoms with Gasteiger partial charge in [0.1, 0.15) is 5.41 Å². The van der Waals surface area contributed by atoms with Crippen LogP contribution in [0.15, 0.2) is 70.5 Å². The van der Waals surface area contributed by atoms with E-state index in [0.29, 0.717) is 0 Å². The predicted octanol–water partition coefficient (Wildman–Crippen LogP) is 5.64. The summed E-state index contributed by atoms with van der Waals surface area (Å²) in [5.41, 5.74) is -2.96. The SMILES string of the molecule is COC(=O)[C@]12[C@H]3[C@@](O)(C(Sc4ccccc4)Sc4ccccc4)[C@H](C(C)(C)C[C@]31OC)C21CC1. The minimum absolute atomic E-state index is 0.00829. The van der Waals surface area contributed by atoms with Crippen LogP contribution in [-0.2, 0) is 14.3 Å². The first kappa shape index (κ1) is 23.0. The first-order chi connectivity index (χ1) is 16.2. The second-order valence-electron chi connectivity index (χ2n) is 11.2. The van der Waals surface area contributed by atoms with Gasteiger partial charge in [0, 0.05) is 28.7 Å². The number of thioether (sulfide) groups is 2. The second kappa shape index (κ2) is 7.28. The molecule has 5 aliphatic carbocycles. The Morgan fingerprint density at radius 1 is 0.941 bits per heavy atom. The summed E-state index contributed by atoms with van der Waals surface area (Å²) in [6.07, 6.45) is 2.65. The van der Waals surface area contributed by atoms with Crippen molar-refractivity contribution in [1.29, 1.82) is 0 Å². The zero-order chi connectivity index (χ0) is 24.0. The van der Waals surface area contributed by atoms with Gasteiger partial charge in [-0.05, 0) is 54.4 Å². The van der Waals surface area contributed by atoms with Crippen LogP contribution in [0, 0.1) is 28.1 Å². The van der Waals surface area contributed by atoms with Gasteiger partial charge in [-0.25, -0.2) is 0 Å². The maximum absolute atomic E-state index is 13.6. The van der Waals surface area contributed by atoms with Crippen molar-refractivity contribution in [2.45, 2.75) is 58.7 Å². The van der Waals surface area contributed by atoms with Crippen molar-refractivity contribution in [3.05, 3.63) is 60.7 Å². The molecule has 1 spiro atoms. The van der Waals surface area contributed by atoms with Crippen LogP contribution in [-0.4, -0.2) is 41.1 Å². The molecule has 5 atom stereocenters. The maximum atomic E-state index is 13.6. The largest absolute Gasteiger partial charge is 0.468 e. The van der Waals surface area contributed by atoms with Crippen LogP contribution in [0.2, 0.25) is 0 Å². The third-order valence-electron chi connectivity index (χ3n) is 9.26. The molecule has 0 aliphatic heterocycles. The van der Waals surface area contributed by atoms with Gasteiger partial charge in [-0.15, -0.1) is 23.5 Å². The van der Waals surface area contributed by atoms with Crippen LogP contribution in [0.3, 0.4) is 0 Å². The van der Waals surface area contributed by atoms with Crippen molar-refractivity contribution in [1.82, 2.24) is 0 Å². The Kier molecular flexibility index (Phi) is 4.92. The fourth-order valence-electron chi connectivity index (χ4n) is 8.72. The molecule has 180 valence electrons. The monoisotopic (exact) mass is 496 g/mol. The van der Waals surface area contributed by atoms with E-state index < -0.39 is 16.6 Å². The number of hydrogen-bond acceptors (Lipinski definition) is 6. The fourth-order valence-corrected chi connectivity index (χ4v) is 11.6. The van der Waals surface area contributed by atoms with E-state index in [1.165, 1.54) is 7.11 Å². The first-order valence-electron chi connectivity index (χ1n) is 12.0. The quantitative estimate of drug-likeness (QED) is 0.304. The summed E-state index contributed by atoms with van der Waals surface area (Å²) in [6.45, 7) is 4.52. The molecule has 1 N–H and O–H groups in total. The molecule has 0 radical (unpaired) electrons. The highest BCUT2D eigenvalue weighted by Crippen LogP contribution is 2.97. The van der Waals surface area contributed by atoms with Crippen LogP contribution in [0.4, 0.5) is 0 Å². The summed E-state index contributed by atoms with van der Waals surface area (Å²) < 4.78 is 11.6. The molecule has 0 aromatic heterocycles. The molecule has 2 aromatic rings. The lowest BCUT2D eigenvalue weighted by atomic mass is 9.52. The van der Waals surface area contributed by atoms with Crippen LogP contribution < -0.4 is 0 Å². The van der Waals surface area contributed by atoms with E-state index in [4.69, 9.17) is 9.47 Å². The molecule has 0 amide bonds. The molecular formula is C28H32O4S2. The molecule has 5 saturated carbocycles. The average Bonchev–Trinajstić information content (AvgIpc) is 3.71. The number of hydrogen-bond donors (Lipinski definition) is 1. The van der Waals surface area contributed by atoms with Crippen LogP contribution >= 0.6 is 23.5 Å². The number of carbonyl (C=O) groups excluding carboxylic acids is 1. The Hall–Kier alpha value is -1.47. The van der Waals surface area contributed by atoms with Gasteiger partial charge in [0.15, 0.2) is 0 Å². The van der Waals surface area contributed by atoms with Gasteiger partial charge in [0.25, 0.3) is 0 Å². The molecule has 5 fully saturated rings. The summed E-state index contributed by atoms with van der Waals surface area (Å²) in [5.74, 6) is -0.476. The lowest BCUT2D eigenvalue weighted by Gasteiger charge is -2.57. The molecule has 0 heterocycles. The lowest BCUT2D eigenvalue weighted by Crippen LogP contribution is -2.63. The van der Waals surface area contributed by atoms with Crippen LogP contribution in [0.1, 0.15) is 33.1 Å². The molecule has 34 heavy (non-hydrogen) atoms. The second-order valence-corrected chi connectivity index (χ2v) is 13.8. The van der Waals surface area contributed by atoms with Gasteiger partial charge in [-0.3, -0.25) is 4.79 Å². The minimum atomic E-state index is -1.09. The van der Waals surface area contributed by atoms with Gasteiger partial charge >= 0.3 is 5.97 Å². The van der Waals surface area contributed by atoms with E-state index in [1.807, 2.05) is 36.4 Å². The maximum Gasteiger partial charge on any atom is 0.315 e. The summed E-state index contributed by atoms with van der Waals surface area (Å²) in [4.78, 5) is 15.8. The van der Waals surface area contributed by atoms with Crippen molar-refractivity contribution < 1.29 is 19.4 Å². The van der Waals surface area contributed by atoms with Gasteiger partial charge in [-0.1, -0.05) is 50.2 Å². The molecule has 0 unspecified atom stereocenters. The number of benzene rings is 2. The highest BCUT2D eigenvalue weighted by molar-refractivity contribution is 8.17. The number of aliphatic hydroxyl groups is 1. The Morgan fingerprint density at radius 2 is 1.47 bits per heavy atom. The smallest absolute Gasteiger partial charge is 0.315 e. The molecule has 2 aromatic carbocycles. The van der Waals surface area contributed by atoms with Crippen molar-refractivity contribution in [3.63, 3.8) is 0 Å². The molecule has 4 bridgehead atoms. The molecule has 4 nitrogen and oxygen atoms in total. The Balaban J connectivity index is 1.53. The van der Waals surface area contributed by atoms with E-state index in [0.717, 1.165) is 29.1 Å². The van der Waals surface area contributed by atoms with Crippen LogP contribution in [0.25, 0.3) is 0 Å². The Bertz CT molecular complexity index is 1080. The third-order valence-corrected chi connectivity index (χ3v) is 12.1. The number of carbonyl (C=O) groups is 1. The minimum Gasteiger partial charge on any atom is -0.468 e. The zero-order valence-electron chi connectivity index (χ0n) is 20.1. The van der Waals surface area contributed by atoms with Crippen molar-refractivity contribution in [3.8, 4) is 0 Å². The van der Waals surface area contributed by atoms with E-state index in [1.54, 1.807) is 30.6 Å². The highest BCUT2D eigenvalue weighted by Gasteiger charge is 3.05. The van der Waals surface area contributed by atoms with Crippen molar-refractivity contribution in [2.24, 2.45) is 28.1 Å². The average molecular weight is 497 g/mol. The zero-order valence-corrected chi connectivity index (χ0v) is 21.7. The van der Waals surface area contributed by atoms with Crippen LogP contribution in [0.5, 0.6) is 0 Å². The predicted molar refractivity (Wildman–Crippen MR) is 135 cm³/mol. The van der Waals surface area contributed by atoms with E-state index in [2.05, 4.69) is 38.1 Å². The first-order valence-corrected chi connectivity index (χ1v) is 13.8. The van der Waals surface area contributed by atoms with E-state index in [-0.39, 0.29) is 33.2 Å². The van der Waals surface area contributed by atoms with Gasteiger partial charge < -0.3 is 14.6 Å².